The minimum absolute atomic E-state index is 0.0271. The molecule has 3 rings (SSSR count). The molecule has 1 fully saturated rings. The molecule has 2 aromatic rings. The van der Waals surface area contributed by atoms with Crippen LogP contribution in [0.2, 0.25) is 0 Å². The molecule has 1 aliphatic heterocycles. The summed E-state index contributed by atoms with van der Waals surface area (Å²) in [6.45, 7) is 8.94. The molecule has 31 heavy (non-hydrogen) atoms. The van der Waals surface area contributed by atoms with Crippen molar-refractivity contribution in [1.82, 2.24) is 14.2 Å². The summed E-state index contributed by atoms with van der Waals surface area (Å²) in [7, 11) is -2.33. The van der Waals surface area contributed by atoms with Crippen LogP contribution < -0.4 is 9.64 Å². The number of sulfonamides is 1. The Labute approximate surface area is 188 Å². The van der Waals surface area contributed by atoms with Crippen LogP contribution >= 0.6 is 11.3 Å². The number of ether oxygens (including phenoxy) is 1. The van der Waals surface area contributed by atoms with E-state index in [1.807, 2.05) is 12.3 Å². The Morgan fingerprint density at radius 1 is 1.19 bits per heavy atom. The summed E-state index contributed by atoms with van der Waals surface area (Å²) >= 11 is 1.61. The van der Waals surface area contributed by atoms with E-state index in [1.54, 1.807) is 42.2 Å². The summed E-state index contributed by atoms with van der Waals surface area (Å²) < 4.78 is 32.8. The molecule has 0 bridgehead atoms. The lowest BCUT2D eigenvalue weighted by Crippen LogP contribution is -2.35. The van der Waals surface area contributed by atoms with Gasteiger partial charge in [0.15, 0.2) is 5.13 Å². The predicted molar refractivity (Wildman–Crippen MR) is 123 cm³/mol. The highest BCUT2D eigenvalue weighted by Crippen LogP contribution is 2.29. The SMILES string of the molecule is CCN(CC)S(=O)(=O)c1cc(C(=O)N2CCCN(c3nc(C)cs3)CC2)ccc1OC. The Balaban J connectivity index is 1.83. The van der Waals surface area contributed by atoms with Gasteiger partial charge in [0.25, 0.3) is 5.91 Å². The van der Waals surface area contributed by atoms with Crippen molar-refractivity contribution in [3.05, 3.63) is 34.8 Å². The lowest BCUT2D eigenvalue weighted by molar-refractivity contribution is 0.0766. The van der Waals surface area contributed by atoms with Gasteiger partial charge in [0, 0.05) is 50.2 Å². The lowest BCUT2D eigenvalue weighted by atomic mass is 10.2. The molecule has 0 unspecified atom stereocenters. The number of carbonyl (C=O) groups excluding carboxylic acids is 1. The Hall–Kier alpha value is -2.17. The molecule has 0 saturated carbocycles. The first-order chi connectivity index (χ1) is 14.8. The van der Waals surface area contributed by atoms with Crippen molar-refractivity contribution in [2.75, 3.05) is 51.3 Å². The maximum absolute atomic E-state index is 13.2. The Bertz CT molecular complexity index is 1020. The molecule has 0 N–H and O–H groups in total. The molecule has 10 heteroatoms. The van der Waals surface area contributed by atoms with Gasteiger partial charge in [0.05, 0.1) is 12.8 Å². The highest BCUT2D eigenvalue weighted by molar-refractivity contribution is 7.89. The summed E-state index contributed by atoms with van der Waals surface area (Å²) in [6, 6.07) is 4.64. The zero-order chi connectivity index (χ0) is 22.6. The number of nitrogens with zero attached hydrogens (tertiary/aromatic N) is 4. The molecular formula is C21H30N4O4S2. The smallest absolute Gasteiger partial charge is 0.253 e. The molecule has 1 aromatic carbocycles. The van der Waals surface area contributed by atoms with E-state index >= 15 is 0 Å². The number of thiazole rings is 1. The van der Waals surface area contributed by atoms with Crippen LogP contribution in [0, 0.1) is 6.92 Å². The van der Waals surface area contributed by atoms with Crippen LogP contribution in [-0.4, -0.2) is 74.9 Å². The fraction of sp³-hybridized carbons (Fsp3) is 0.524. The second-order valence-corrected chi connectivity index (χ2v) is 10.1. The molecule has 170 valence electrons. The van der Waals surface area contributed by atoms with Crippen molar-refractivity contribution in [1.29, 1.82) is 0 Å². The molecular weight excluding hydrogens is 436 g/mol. The monoisotopic (exact) mass is 466 g/mol. The minimum Gasteiger partial charge on any atom is -0.495 e. The first kappa shape index (κ1) is 23.5. The average molecular weight is 467 g/mol. The van der Waals surface area contributed by atoms with E-state index < -0.39 is 10.0 Å². The minimum atomic E-state index is -3.76. The van der Waals surface area contributed by atoms with Crippen molar-refractivity contribution >= 4 is 32.4 Å². The van der Waals surface area contributed by atoms with Gasteiger partial charge in [-0.3, -0.25) is 4.79 Å². The maximum atomic E-state index is 13.2. The molecule has 2 heterocycles. The van der Waals surface area contributed by atoms with Crippen molar-refractivity contribution < 1.29 is 17.9 Å². The summed E-state index contributed by atoms with van der Waals surface area (Å²) in [5, 5.41) is 3.00. The second kappa shape index (κ2) is 9.97. The number of rotatable bonds is 7. The molecule has 0 atom stereocenters. The standard InChI is InChI=1S/C21H30N4O4S2/c1-5-25(6-2)31(27,28)19-14-17(8-9-18(19)29-4)20(26)23-10-7-11-24(13-12-23)21-22-16(3)15-30-21/h8-9,14-15H,5-7,10-13H2,1-4H3. The third-order valence-corrected chi connectivity index (χ3v) is 8.48. The van der Waals surface area contributed by atoms with E-state index in [9.17, 15) is 13.2 Å². The van der Waals surface area contributed by atoms with Crippen LogP contribution in [0.25, 0.3) is 0 Å². The number of hydrogen-bond donors (Lipinski definition) is 0. The summed E-state index contributed by atoms with van der Waals surface area (Å²) in [5.74, 6) is 0.0699. The molecule has 0 spiro atoms. The molecule has 1 aliphatic rings. The van der Waals surface area contributed by atoms with Crippen molar-refractivity contribution in [3.8, 4) is 5.75 Å². The number of benzene rings is 1. The predicted octanol–water partition coefficient (Wildman–Crippen LogP) is 2.84. The van der Waals surface area contributed by atoms with E-state index in [2.05, 4.69) is 9.88 Å². The van der Waals surface area contributed by atoms with Crippen molar-refractivity contribution in [2.45, 2.75) is 32.1 Å². The van der Waals surface area contributed by atoms with E-state index in [4.69, 9.17) is 4.74 Å². The quantitative estimate of drug-likeness (QED) is 0.624. The number of aromatic nitrogens is 1. The third-order valence-electron chi connectivity index (χ3n) is 5.39. The van der Waals surface area contributed by atoms with Crippen LogP contribution in [0.4, 0.5) is 5.13 Å². The van der Waals surface area contributed by atoms with E-state index in [0.717, 1.165) is 23.8 Å². The Kier molecular flexibility index (Phi) is 7.55. The van der Waals surface area contributed by atoms with E-state index in [-0.39, 0.29) is 16.6 Å². The summed E-state index contributed by atoms with van der Waals surface area (Å²) in [4.78, 5) is 21.8. The normalized spacial score (nSPS) is 15.3. The third kappa shape index (κ3) is 5.02. The van der Waals surface area contributed by atoms with Crippen molar-refractivity contribution in [2.24, 2.45) is 0 Å². The number of carbonyl (C=O) groups is 1. The van der Waals surface area contributed by atoms with Gasteiger partial charge in [-0.1, -0.05) is 13.8 Å². The van der Waals surface area contributed by atoms with Gasteiger partial charge < -0.3 is 14.5 Å². The van der Waals surface area contributed by atoms with Crippen LogP contribution in [0.1, 0.15) is 36.3 Å². The van der Waals surface area contributed by atoms with Crippen LogP contribution in [0.5, 0.6) is 5.75 Å². The van der Waals surface area contributed by atoms with E-state index in [1.165, 1.54) is 17.5 Å². The van der Waals surface area contributed by atoms with Gasteiger partial charge in [-0.25, -0.2) is 13.4 Å². The van der Waals surface area contributed by atoms with Crippen LogP contribution in [0.3, 0.4) is 0 Å². The molecule has 1 amide bonds. The van der Waals surface area contributed by atoms with Gasteiger partial charge in [0.1, 0.15) is 10.6 Å². The number of methoxy groups -OCH3 is 1. The molecule has 1 aromatic heterocycles. The maximum Gasteiger partial charge on any atom is 0.253 e. The highest BCUT2D eigenvalue weighted by atomic mass is 32.2. The van der Waals surface area contributed by atoms with Crippen LogP contribution in [0.15, 0.2) is 28.5 Å². The highest BCUT2D eigenvalue weighted by Gasteiger charge is 2.28. The molecule has 0 radical (unpaired) electrons. The van der Waals surface area contributed by atoms with Gasteiger partial charge in [0.2, 0.25) is 10.0 Å². The zero-order valence-corrected chi connectivity index (χ0v) is 20.1. The van der Waals surface area contributed by atoms with Crippen LogP contribution in [-0.2, 0) is 10.0 Å². The Morgan fingerprint density at radius 3 is 2.55 bits per heavy atom. The molecule has 1 saturated heterocycles. The Morgan fingerprint density at radius 2 is 1.94 bits per heavy atom. The topological polar surface area (TPSA) is 83.1 Å². The largest absolute Gasteiger partial charge is 0.495 e. The van der Waals surface area contributed by atoms with Gasteiger partial charge in [-0.15, -0.1) is 11.3 Å². The van der Waals surface area contributed by atoms with E-state index in [0.29, 0.717) is 38.3 Å². The fourth-order valence-corrected chi connectivity index (χ4v) is 6.19. The molecule has 8 nitrogen and oxygen atoms in total. The number of amides is 1. The molecule has 0 aliphatic carbocycles. The lowest BCUT2D eigenvalue weighted by Gasteiger charge is -2.23. The van der Waals surface area contributed by atoms with Gasteiger partial charge >= 0.3 is 0 Å². The number of aryl methyl sites for hydroxylation is 1. The van der Waals surface area contributed by atoms with Gasteiger partial charge in [-0.2, -0.15) is 4.31 Å². The second-order valence-electron chi connectivity index (χ2n) is 7.36. The summed E-state index contributed by atoms with van der Waals surface area (Å²) in [6.07, 6.45) is 0.825. The van der Waals surface area contributed by atoms with Crippen molar-refractivity contribution in [3.63, 3.8) is 0 Å². The first-order valence-corrected chi connectivity index (χ1v) is 12.8. The number of hydrogen-bond acceptors (Lipinski definition) is 7. The summed E-state index contributed by atoms with van der Waals surface area (Å²) in [5.41, 5.74) is 1.35. The fourth-order valence-electron chi connectivity index (χ4n) is 3.70. The first-order valence-electron chi connectivity index (χ1n) is 10.5. The number of anilines is 1. The average Bonchev–Trinajstić information content (AvgIpc) is 3.05. The van der Waals surface area contributed by atoms with Gasteiger partial charge in [-0.05, 0) is 31.5 Å². The zero-order valence-electron chi connectivity index (χ0n) is 18.5.